The number of hydrogen-bond donors (Lipinski definition) is 1. The first-order valence-corrected chi connectivity index (χ1v) is 6.56. The van der Waals surface area contributed by atoms with Crippen LogP contribution in [0.15, 0.2) is 28.7 Å². The van der Waals surface area contributed by atoms with Gasteiger partial charge in [0.15, 0.2) is 0 Å². The molecule has 96 valence electrons. The van der Waals surface area contributed by atoms with Gasteiger partial charge in [-0.3, -0.25) is 0 Å². The Morgan fingerprint density at radius 3 is 2.44 bits per heavy atom. The second kappa shape index (κ2) is 5.02. The van der Waals surface area contributed by atoms with E-state index in [-0.39, 0.29) is 6.04 Å². The highest BCUT2D eigenvalue weighted by Crippen LogP contribution is 2.32. The molecule has 0 unspecified atom stereocenters. The van der Waals surface area contributed by atoms with Gasteiger partial charge in [-0.15, -0.1) is 0 Å². The predicted molar refractivity (Wildman–Crippen MR) is 76.0 cm³/mol. The van der Waals surface area contributed by atoms with Crippen molar-refractivity contribution in [2.75, 3.05) is 5.73 Å². The number of rotatable bonds is 3. The van der Waals surface area contributed by atoms with Crippen LogP contribution >= 0.6 is 15.9 Å². The summed E-state index contributed by atoms with van der Waals surface area (Å²) >= 11 is 3.39. The zero-order valence-corrected chi connectivity index (χ0v) is 12.2. The molecule has 0 aliphatic rings. The van der Waals surface area contributed by atoms with Crippen molar-refractivity contribution >= 4 is 21.6 Å². The highest BCUT2D eigenvalue weighted by Gasteiger charge is 2.16. The van der Waals surface area contributed by atoms with Crippen LogP contribution in [-0.2, 0) is 0 Å². The van der Waals surface area contributed by atoms with Crippen LogP contribution in [0.4, 0.5) is 5.69 Å². The predicted octanol–water partition coefficient (Wildman–Crippen LogP) is 3.91. The molecular formula is C13H16BrN3O. The fourth-order valence-corrected chi connectivity index (χ4v) is 1.87. The molecule has 0 atom stereocenters. The maximum atomic E-state index is 6.00. The number of nitrogens with zero attached hydrogens (tertiary/aromatic N) is 2. The van der Waals surface area contributed by atoms with E-state index in [1.165, 1.54) is 0 Å². The van der Waals surface area contributed by atoms with Crippen LogP contribution in [0.2, 0.25) is 0 Å². The van der Waals surface area contributed by atoms with Gasteiger partial charge in [0.2, 0.25) is 5.88 Å². The third-order valence-corrected chi connectivity index (χ3v) is 3.13. The van der Waals surface area contributed by atoms with Crippen molar-refractivity contribution < 1.29 is 4.74 Å². The molecule has 2 N–H and O–H groups in total. The van der Waals surface area contributed by atoms with E-state index in [4.69, 9.17) is 10.5 Å². The van der Waals surface area contributed by atoms with Gasteiger partial charge in [0.1, 0.15) is 11.4 Å². The number of hydrogen-bond acceptors (Lipinski definition) is 3. The summed E-state index contributed by atoms with van der Waals surface area (Å²) in [6.07, 6.45) is 0. The van der Waals surface area contributed by atoms with E-state index in [9.17, 15) is 0 Å². The average molecular weight is 310 g/mol. The molecule has 0 aliphatic heterocycles. The fourth-order valence-electron chi connectivity index (χ4n) is 1.61. The van der Waals surface area contributed by atoms with Crippen LogP contribution in [-0.4, -0.2) is 9.78 Å². The lowest BCUT2D eigenvalue weighted by Gasteiger charge is -2.12. The van der Waals surface area contributed by atoms with E-state index in [1.807, 2.05) is 45.0 Å². The van der Waals surface area contributed by atoms with Crippen molar-refractivity contribution in [2.24, 2.45) is 0 Å². The number of nitrogen functional groups attached to an aromatic ring is 1. The van der Waals surface area contributed by atoms with E-state index >= 15 is 0 Å². The van der Waals surface area contributed by atoms with Gasteiger partial charge < -0.3 is 10.5 Å². The standard InChI is InChI=1S/C13H16BrN3O/c1-8(2)17-13(12(15)9(3)16-17)18-11-6-4-10(14)5-7-11/h4-8H,15H2,1-3H3. The first-order valence-electron chi connectivity index (χ1n) is 5.77. The zero-order valence-electron chi connectivity index (χ0n) is 10.6. The highest BCUT2D eigenvalue weighted by atomic mass is 79.9. The second-order valence-electron chi connectivity index (χ2n) is 4.40. The van der Waals surface area contributed by atoms with E-state index in [2.05, 4.69) is 21.0 Å². The lowest BCUT2D eigenvalue weighted by atomic mass is 10.3. The molecule has 4 nitrogen and oxygen atoms in total. The van der Waals surface area contributed by atoms with Crippen molar-refractivity contribution in [1.29, 1.82) is 0 Å². The van der Waals surface area contributed by atoms with Crippen LogP contribution in [0.25, 0.3) is 0 Å². The first kappa shape index (κ1) is 13.0. The Morgan fingerprint density at radius 1 is 1.28 bits per heavy atom. The van der Waals surface area contributed by atoms with Gasteiger partial charge in [-0.1, -0.05) is 15.9 Å². The minimum Gasteiger partial charge on any atom is -0.437 e. The normalized spacial score (nSPS) is 10.9. The van der Waals surface area contributed by atoms with Gasteiger partial charge in [-0.2, -0.15) is 5.10 Å². The molecule has 0 spiro atoms. The summed E-state index contributed by atoms with van der Waals surface area (Å²) in [7, 11) is 0. The number of halogens is 1. The van der Waals surface area contributed by atoms with E-state index < -0.39 is 0 Å². The van der Waals surface area contributed by atoms with E-state index in [1.54, 1.807) is 4.68 Å². The molecule has 5 heteroatoms. The summed E-state index contributed by atoms with van der Waals surface area (Å²) in [6, 6.07) is 7.82. The number of aryl methyl sites for hydroxylation is 1. The molecule has 2 rings (SSSR count). The summed E-state index contributed by atoms with van der Waals surface area (Å²) in [4.78, 5) is 0. The van der Waals surface area contributed by atoms with Gasteiger partial charge in [0.25, 0.3) is 0 Å². The van der Waals surface area contributed by atoms with Gasteiger partial charge in [0, 0.05) is 4.47 Å². The van der Waals surface area contributed by atoms with Crippen molar-refractivity contribution in [1.82, 2.24) is 9.78 Å². The molecule has 1 heterocycles. The summed E-state index contributed by atoms with van der Waals surface area (Å²) in [5.41, 5.74) is 7.38. The van der Waals surface area contributed by atoms with E-state index in [0.29, 0.717) is 11.6 Å². The molecule has 1 aromatic carbocycles. The lowest BCUT2D eigenvalue weighted by Crippen LogP contribution is -2.05. The first-order chi connectivity index (χ1) is 8.49. The number of aromatic nitrogens is 2. The Bertz CT molecular complexity index is 546. The monoisotopic (exact) mass is 309 g/mol. The smallest absolute Gasteiger partial charge is 0.241 e. The Morgan fingerprint density at radius 2 is 1.89 bits per heavy atom. The van der Waals surface area contributed by atoms with Gasteiger partial charge in [-0.25, -0.2) is 4.68 Å². The van der Waals surface area contributed by atoms with Crippen molar-refractivity contribution in [3.05, 3.63) is 34.4 Å². The number of nitrogens with two attached hydrogens (primary N) is 1. The molecular weight excluding hydrogens is 294 g/mol. The molecule has 0 fully saturated rings. The zero-order chi connectivity index (χ0) is 13.3. The van der Waals surface area contributed by atoms with Crippen molar-refractivity contribution in [3.8, 4) is 11.6 Å². The largest absolute Gasteiger partial charge is 0.437 e. The van der Waals surface area contributed by atoms with Crippen LogP contribution in [0.1, 0.15) is 25.6 Å². The van der Waals surface area contributed by atoms with Crippen molar-refractivity contribution in [2.45, 2.75) is 26.8 Å². The van der Waals surface area contributed by atoms with Crippen LogP contribution in [0.3, 0.4) is 0 Å². The summed E-state index contributed by atoms with van der Waals surface area (Å²) in [6.45, 7) is 5.96. The summed E-state index contributed by atoms with van der Waals surface area (Å²) in [5, 5.41) is 4.38. The van der Waals surface area contributed by atoms with Crippen LogP contribution in [0, 0.1) is 6.92 Å². The van der Waals surface area contributed by atoms with Crippen LogP contribution < -0.4 is 10.5 Å². The fraction of sp³-hybridized carbons (Fsp3) is 0.308. The molecule has 2 aromatic rings. The maximum Gasteiger partial charge on any atom is 0.241 e. The lowest BCUT2D eigenvalue weighted by molar-refractivity contribution is 0.389. The maximum absolute atomic E-state index is 6.00. The molecule has 0 radical (unpaired) electrons. The van der Waals surface area contributed by atoms with Gasteiger partial charge in [0.05, 0.1) is 11.7 Å². The molecule has 18 heavy (non-hydrogen) atoms. The molecule has 1 aromatic heterocycles. The number of benzene rings is 1. The van der Waals surface area contributed by atoms with Crippen LogP contribution in [0.5, 0.6) is 11.6 Å². The SMILES string of the molecule is Cc1nn(C(C)C)c(Oc2ccc(Br)cc2)c1N. The third kappa shape index (κ3) is 2.51. The van der Waals surface area contributed by atoms with Gasteiger partial charge >= 0.3 is 0 Å². The number of ether oxygens (including phenoxy) is 1. The number of anilines is 1. The van der Waals surface area contributed by atoms with Crippen molar-refractivity contribution in [3.63, 3.8) is 0 Å². The Labute approximate surface area is 115 Å². The molecule has 0 bridgehead atoms. The van der Waals surface area contributed by atoms with E-state index in [0.717, 1.165) is 15.9 Å². The average Bonchev–Trinajstić information content (AvgIpc) is 2.60. The Hall–Kier alpha value is -1.49. The Kier molecular flexibility index (Phi) is 3.61. The molecule has 0 aliphatic carbocycles. The topological polar surface area (TPSA) is 53.1 Å². The van der Waals surface area contributed by atoms with Gasteiger partial charge in [-0.05, 0) is 45.0 Å². The summed E-state index contributed by atoms with van der Waals surface area (Å²) < 4.78 is 8.64. The molecule has 0 saturated heterocycles. The quantitative estimate of drug-likeness (QED) is 0.935. The Balaban J connectivity index is 2.36. The molecule has 0 amide bonds. The highest BCUT2D eigenvalue weighted by molar-refractivity contribution is 9.10. The minimum absolute atomic E-state index is 0.200. The minimum atomic E-state index is 0.200. The second-order valence-corrected chi connectivity index (χ2v) is 5.31. The molecule has 0 saturated carbocycles. The summed E-state index contributed by atoms with van der Waals surface area (Å²) in [5.74, 6) is 1.34. The third-order valence-electron chi connectivity index (χ3n) is 2.60.